The Labute approximate surface area is 253 Å². The first kappa shape index (κ1) is 30.9. The summed E-state index contributed by atoms with van der Waals surface area (Å²) in [6, 6.07) is 16.6. The molecule has 3 aromatic rings. The number of carbonyl (C=O) groups excluding carboxylic acids is 2. The number of ether oxygens (including phenoxy) is 1. The fourth-order valence-corrected chi connectivity index (χ4v) is 6.85. The van der Waals surface area contributed by atoms with E-state index in [0.29, 0.717) is 35.7 Å². The van der Waals surface area contributed by atoms with Crippen molar-refractivity contribution in [2.75, 3.05) is 6.61 Å². The van der Waals surface area contributed by atoms with Gasteiger partial charge in [0.25, 0.3) is 11.5 Å². The van der Waals surface area contributed by atoms with Gasteiger partial charge in [0.05, 0.1) is 17.6 Å². The van der Waals surface area contributed by atoms with Crippen molar-refractivity contribution >= 4 is 22.9 Å². The average Bonchev–Trinajstić information content (AvgIpc) is 3.37. The number of aryl methyl sites for hydroxylation is 1. The zero-order chi connectivity index (χ0) is 30.2. The summed E-state index contributed by atoms with van der Waals surface area (Å²) in [5.74, 6) is -1.60. The summed E-state index contributed by atoms with van der Waals surface area (Å²) in [5, 5.41) is 12.3. The van der Waals surface area contributed by atoms with Gasteiger partial charge < -0.3 is 19.7 Å². The van der Waals surface area contributed by atoms with Gasteiger partial charge in [0, 0.05) is 24.7 Å². The van der Waals surface area contributed by atoms with E-state index in [4.69, 9.17) is 4.74 Å². The van der Waals surface area contributed by atoms with Crippen LogP contribution in [0.5, 0.6) is 0 Å². The number of amides is 1. The van der Waals surface area contributed by atoms with Crippen LogP contribution in [0, 0.1) is 0 Å². The standard InChI is InChI=1S/C34H44N4O5/c1-24-18-19-27(38(24)26-14-8-3-2-4-9-15-26)20-21-37-30-17-11-10-16-28(30)35-31(33(37)41)32(40)36-29(22-39)34(42)43-23-25-12-6-5-7-13-25/h5-7,10-13,16-17,24,26-27,29,39H,2-4,8-9,14-15,18-23H2,1H3,(H,36,40)/t24-,27-,29-/m0/s1. The molecule has 0 unspecified atom stereocenters. The minimum absolute atomic E-state index is 0.00470. The third-order valence-corrected chi connectivity index (χ3v) is 9.09. The van der Waals surface area contributed by atoms with Crippen LogP contribution in [0.25, 0.3) is 11.0 Å². The molecule has 1 aromatic heterocycles. The van der Waals surface area contributed by atoms with Gasteiger partial charge in [-0.25, -0.2) is 9.78 Å². The molecule has 0 spiro atoms. The van der Waals surface area contributed by atoms with E-state index < -0.39 is 30.1 Å². The molecule has 2 heterocycles. The molecule has 1 aliphatic heterocycles. The largest absolute Gasteiger partial charge is 0.459 e. The quantitative estimate of drug-likeness (QED) is 0.333. The van der Waals surface area contributed by atoms with E-state index in [1.807, 2.05) is 48.5 Å². The van der Waals surface area contributed by atoms with E-state index in [-0.39, 0.29) is 12.3 Å². The van der Waals surface area contributed by atoms with Crippen LogP contribution in [0.2, 0.25) is 0 Å². The maximum Gasteiger partial charge on any atom is 0.331 e. The van der Waals surface area contributed by atoms with Gasteiger partial charge >= 0.3 is 5.97 Å². The summed E-state index contributed by atoms with van der Waals surface area (Å²) in [7, 11) is 0. The van der Waals surface area contributed by atoms with Gasteiger partial charge in [-0.3, -0.25) is 14.5 Å². The molecule has 1 saturated heterocycles. The molecule has 5 rings (SSSR count). The lowest BCUT2D eigenvalue weighted by Crippen LogP contribution is -2.47. The van der Waals surface area contributed by atoms with E-state index >= 15 is 0 Å². The zero-order valence-electron chi connectivity index (χ0n) is 25.1. The van der Waals surface area contributed by atoms with Gasteiger partial charge in [0.2, 0.25) is 0 Å². The summed E-state index contributed by atoms with van der Waals surface area (Å²) in [4.78, 5) is 46.8. The van der Waals surface area contributed by atoms with Gasteiger partial charge in [-0.05, 0) is 56.7 Å². The van der Waals surface area contributed by atoms with Gasteiger partial charge in [-0.15, -0.1) is 0 Å². The van der Waals surface area contributed by atoms with E-state index in [0.717, 1.165) is 24.8 Å². The molecule has 0 bridgehead atoms. The molecule has 1 amide bonds. The predicted octanol–water partition coefficient (Wildman–Crippen LogP) is 4.59. The normalized spacial score (nSPS) is 20.8. The Morgan fingerprint density at radius 2 is 1.67 bits per heavy atom. The number of aliphatic hydroxyl groups excluding tert-OH is 1. The number of hydrogen-bond acceptors (Lipinski definition) is 7. The predicted molar refractivity (Wildman–Crippen MR) is 166 cm³/mol. The summed E-state index contributed by atoms with van der Waals surface area (Å²) in [5.41, 5.74) is 1.17. The number of nitrogens with zero attached hydrogens (tertiary/aromatic N) is 3. The summed E-state index contributed by atoms with van der Waals surface area (Å²) in [6.07, 6.45) is 12.1. The smallest absolute Gasteiger partial charge is 0.331 e. The van der Waals surface area contributed by atoms with Gasteiger partial charge in [-0.1, -0.05) is 74.6 Å². The van der Waals surface area contributed by atoms with E-state index in [1.165, 1.54) is 44.9 Å². The van der Waals surface area contributed by atoms with Gasteiger partial charge in [0.15, 0.2) is 11.7 Å². The van der Waals surface area contributed by atoms with Crippen LogP contribution in [0.15, 0.2) is 59.4 Å². The van der Waals surface area contributed by atoms with Crippen LogP contribution in [0.1, 0.15) is 87.2 Å². The van der Waals surface area contributed by atoms with Crippen molar-refractivity contribution in [2.24, 2.45) is 0 Å². The molecule has 0 radical (unpaired) electrons. The Kier molecular flexibility index (Phi) is 10.6. The van der Waals surface area contributed by atoms with Crippen molar-refractivity contribution < 1.29 is 19.4 Å². The van der Waals surface area contributed by atoms with Crippen molar-refractivity contribution in [3.63, 3.8) is 0 Å². The number of aromatic nitrogens is 2. The number of likely N-dealkylation sites (tertiary alicyclic amines) is 1. The molecule has 9 heteroatoms. The highest BCUT2D eigenvalue weighted by Gasteiger charge is 2.35. The monoisotopic (exact) mass is 588 g/mol. The third kappa shape index (κ3) is 7.51. The Morgan fingerprint density at radius 3 is 2.42 bits per heavy atom. The van der Waals surface area contributed by atoms with Crippen molar-refractivity contribution in [3.8, 4) is 0 Å². The third-order valence-electron chi connectivity index (χ3n) is 9.09. The van der Waals surface area contributed by atoms with Crippen molar-refractivity contribution in [1.82, 2.24) is 19.8 Å². The Morgan fingerprint density at radius 1 is 0.977 bits per heavy atom. The summed E-state index contributed by atoms with van der Waals surface area (Å²) >= 11 is 0. The SMILES string of the molecule is C[C@H]1CC[C@@H](CCn2c(=O)c(C(=O)N[C@@H](CO)C(=O)OCc3ccccc3)nc3ccccc32)N1C1CCCCCCC1. The van der Waals surface area contributed by atoms with Crippen molar-refractivity contribution in [2.45, 2.75) is 108 Å². The Hall–Kier alpha value is -3.56. The number of esters is 1. The number of fused-ring (bicyclic) bond motifs is 1. The molecule has 9 nitrogen and oxygen atoms in total. The van der Waals surface area contributed by atoms with Crippen molar-refractivity contribution in [1.29, 1.82) is 0 Å². The highest BCUT2D eigenvalue weighted by atomic mass is 16.5. The molecule has 2 aromatic carbocycles. The second-order valence-electron chi connectivity index (χ2n) is 12.0. The molecule has 1 aliphatic carbocycles. The van der Waals surface area contributed by atoms with Crippen LogP contribution in [0.3, 0.4) is 0 Å². The zero-order valence-corrected chi connectivity index (χ0v) is 25.1. The van der Waals surface area contributed by atoms with Crippen LogP contribution in [-0.4, -0.2) is 62.2 Å². The number of benzene rings is 2. The highest BCUT2D eigenvalue weighted by Crippen LogP contribution is 2.33. The molecular formula is C34H44N4O5. The Balaban J connectivity index is 1.32. The maximum absolute atomic E-state index is 13.8. The van der Waals surface area contributed by atoms with E-state index in [2.05, 4.69) is 22.1 Å². The first-order chi connectivity index (χ1) is 21.0. The minimum Gasteiger partial charge on any atom is -0.459 e. The van der Waals surface area contributed by atoms with Crippen molar-refractivity contribution in [3.05, 3.63) is 76.2 Å². The van der Waals surface area contributed by atoms with Crippen LogP contribution in [0.4, 0.5) is 0 Å². The molecule has 230 valence electrons. The highest BCUT2D eigenvalue weighted by molar-refractivity contribution is 5.96. The van der Waals surface area contributed by atoms with Crippen LogP contribution < -0.4 is 10.9 Å². The van der Waals surface area contributed by atoms with Gasteiger partial charge in [0.1, 0.15) is 6.61 Å². The maximum atomic E-state index is 13.8. The molecule has 2 aliphatic rings. The first-order valence-electron chi connectivity index (χ1n) is 15.9. The summed E-state index contributed by atoms with van der Waals surface area (Å²) < 4.78 is 6.95. The first-order valence-corrected chi connectivity index (χ1v) is 15.9. The Bertz CT molecular complexity index is 1430. The molecular weight excluding hydrogens is 544 g/mol. The van der Waals surface area contributed by atoms with Crippen LogP contribution in [-0.2, 0) is 22.7 Å². The molecule has 3 atom stereocenters. The lowest BCUT2D eigenvalue weighted by atomic mass is 9.94. The average molecular weight is 589 g/mol. The minimum atomic E-state index is -1.32. The number of aliphatic hydroxyl groups is 1. The molecule has 1 saturated carbocycles. The lowest BCUT2D eigenvalue weighted by Gasteiger charge is -2.37. The molecule has 2 N–H and O–H groups in total. The molecule has 43 heavy (non-hydrogen) atoms. The lowest BCUT2D eigenvalue weighted by molar-refractivity contribution is -0.148. The van der Waals surface area contributed by atoms with E-state index in [9.17, 15) is 19.5 Å². The number of para-hydroxylation sites is 2. The van der Waals surface area contributed by atoms with Crippen LogP contribution >= 0.6 is 0 Å². The second kappa shape index (κ2) is 14.8. The second-order valence-corrected chi connectivity index (χ2v) is 12.0. The number of rotatable bonds is 10. The van der Waals surface area contributed by atoms with Gasteiger partial charge in [-0.2, -0.15) is 0 Å². The number of hydrogen-bond donors (Lipinski definition) is 2. The molecule has 2 fully saturated rings. The topological polar surface area (TPSA) is 114 Å². The number of carbonyl (C=O) groups is 2. The number of nitrogens with one attached hydrogen (secondary N) is 1. The summed E-state index contributed by atoms with van der Waals surface area (Å²) in [6.45, 7) is 2.13. The fraction of sp³-hybridized carbons (Fsp3) is 0.529. The van der Waals surface area contributed by atoms with E-state index in [1.54, 1.807) is 10.6 Å². The fourth-order valence-electron chi connectivity index (χ4n) is 6.85.